The van der Waals surface area contributed by atoms with Crippen LogP contribution in [0.25, 0.3) is 0 Å². The van der Waals surface area contributed by atoms with Crippen molar-refractivity contribution in [2.75, 3.05) is 92.4 Å². The normalized spacial score (nSPS) is 28.4. The van der Waals surface area contributed by atoms with Crippen molar-refractivity contribution in [2.45, 2.75) is 157 Å². The van der Waals surface area contributed by atoms with E-state index in [-0.39, 0.29) is 33.0 Å². The molecule has 7 rings (SSSR count). The van der Waals surface area contributed by atoms with Gasteiger partial charge in [0.15, 0.2) is 8.32 Å². The molecule has 0 atom stereocenters. The lowest BCUT2D eigenvalue weighted by atomic mass is 9.69. The lowest BCUT2D eigenvalue weighted by Gasteiger charge is -2.59. The lowest BCUT2D eigenvalue weighted by Crippen LogP contribution is -2.69. The lowest BCUT2D eigenvalue weighted by molar-refractivity contribution is -0.295. The summed E-state index contributed by atoms with van der Waals surface area (Å²) in [5, 5.41) is 29.3. The van der Waals surface area contributed by atoms with Crippen molar-refractivity contribution in [2.24, 2.45) is 0 Å². The zero-order valence-corrected chi connectivity index (χ0v) is 35.4. The minimum atomic E-state index is -1.70. The number of Topliss-reactive ketones (excluding diaryl/α,β-unsaturated/α-hetero) is 1. The van der Waals surface area contributed by atoms with E-state index in [1.54, 1.807) is 5.06 Å². The highest BCUT2D eigenvalue weighted by molar-refractivity contribution is 6.74. The van der Waals surface area contributed by atoms with Crippen LogP contribution in [0.1, 0.15) is 111 Å². The van der Waals surface area contributed by atoms with Crippen LogP contribution < -0.4 is 5.32 Å². The summed E-state index contributed by atoms with van der Waals surface area (Å²) in [5.74, 6) is 0.282. The number of rotatable bonds is 8. The van der Waals surface area contributed by atoms with Crippen LogP contribution in [0.4, 0.5) is 0 Å². The summed E-state index contributed by atoms with van der Waals surface area (Å²) in [4.78, 5) is 12.1. The molecule has 14 heteroatoms. The summed E-state index contributed by atoms with van der Waals surface area (Å²) in [6.45, 7) is 21.6. The van der Waals surface area contributed by atoms with Crippen LogP contribution in [-0.2, 0) is 37.6 Å². The van der Waals surface area contributed by atoms with E-state index in [2.05, 4.69) is 39.2 Å². The summed E-state index contributed by atoms with van der Waals surface area (Å²) in [6, 6.07) is 0.381. The minimum Gasteiger partial charge on any atom is -0.414 e. The maximum absolute atomic E-state index is 12.1. The third-order valence-corrected chi connectivity index (χ3v) is 18.3. The highest BCUT2D eigenvalue weighted by atomic mass is 28.4. The SMILES string of the molecule is C1CCOC1.CC(C)(C)[Si](C)(C)OCCOCCNC1CC2(CCOCC2)N(O)C2(CCOCC2)C1.O=C1CC2(CCOCC2)N(O)C2(CCOCC2)C1. The van der Waals surface area contributed by atoms with Gasteiger partial charge in [0.05, 0.1) is 42.0 Å². The van der Waals surface area contributed by atoms with Crippen molar-refractivity contribution in [3.8, 4) is 0 Å². The zero-order chi connectivity index (χ0) is 38.8. The summed E-state index contributed by atoms with van der Waals surface area (Å²) in [7, 11) is -1.70. The van der Waals surface area contributed by atoms with E-state index in [1.165, 1.54) is 17.9 Å². The Morgan fingerprint density at radius 2 is 1.04 bits per heavy atom. The monoisotopic (exact) mass is 786 g/mol. The van der Waals surface area contributed by atoms with Crippen molar-refractivity contribution in [3.63, 3.8) is 0 Å². The standard InChI is InChI=1S/C23H46N2O5Si.C13H21NO4.C4H8O/c1-21(2,3)31(4,5)30-17-16-29-15-10-24-20-18-22(6-11-27-12-7-22)25(26)23(19-20)8-13-28-14-9-23;15-11-9-12(1-5-17-6-2-12)14(16)13(10-11)3-7-18-8-4-13;1-2-4-5-3-1/h20,24,26H,6-19H2,1-5H3;16H,1-10H2;1-4H2. The van der Waals surface area contributed by atoms with Crippen LogP contribution in [0, 0.1) is 0 Å². The first-order valence-electron chi connectivity index (χ1n) is 21.1. The van der Waals surface area contributed by atoms with Crippen molar-refractivity contribution >= 4 is 14.1 Å². The fourth-order valence-electron chi connectivity index (χ4n) is 9.39. The van der Waals surface area contributed by atoms with E-state index in [0.717, 1.165) is 110 Å². The number of nitrogens with one attached hydrogen (secondary N) is 1. The largest absolute Gasteiger partial charge is 0.414 e. The van der Waals surface area contributed by atoms with Gasteiger partial charge in [0.1, 0.15) is 5.78 Å². The second-order valence-electron chi connectivity index (χ2n) is 18.5. The van der Waals surface area contributed by atoms with Gasteiger partial charge in [0.25, 0.3) is 0 Å². The van der Waals surface area contributed by atoms with Crippen molar-refractivity contribution in [1.82, 2.24) is 15.4 Å². The molecular weight excluding hydrogens is 711 g/mol. The molecule has 13 nitrogen and oxygen atoms in total. The van der Waals surface area contributed by atoms with Gasteiger partial charge in [-0.3, -0.25) is 4.79 Å². The van der Waals surface area contributed by atoms with E-state index < -0.39 is 8.32 Å². The number of carbonyl (C=O) groups is 1. The van der Waals surface area contributed by atoms with E-state index in [9.17, 15) is 15.2 Å². The Balaban J connectivity index is 0.000000202. The maximum atomic E-state index is 12.1. The van der Waals surface area contributed by atoms with Crippen LogP contribution in [0.5, 0.6) is 0 Å². The first-order chi connectivity index (χ1) is 25.8. The van der Waals surface area contributed by atoms with Crippen molar-refractivity contribution in [3.05, 3.63) is 0 Å². The van der Waals surface area contributed by atoms with Gasteiger partial charge in [0.2, 0.25) is 0 Å². The predicted octanol–water partition coefficient (Wildman–Crippen LogP) is 5.50. The molecule has 314 valence electrons. The molecule has 7 saturated heterocycles. The predicted molar refractivity (Wildman–Crippen MR) is 208 cm³/mol. The Morgan fingerprint density at radius 1 is 0.648 bits per heavy atom. The van der Waals surface area contributed by atoms with Gasteiger partial charge in [-0.15, -0.1) is 0 Å². The third kappa shape index (κ3) is 11.1. The number of ketones is 1. The molecule has 0 radical (unpaired) electrons. The molecule has 0 amide bonds. The Morgan fingerprint density at radius 3 is 1.43 bits per heavy atom. The number of piperidine rings is 2. The molecule has 4 spiro atoms. The van der Waals surface area contributed by atoms with E-state index >= 15 is 0 Å². The Hall–Kier alpha value is -0.593. The summed E-state index contributed by atoms with van der Waals surface area (Å²) >= 11 is 0. The number of carbonyl (C=O) groups excluding carboxylic acids is 1. The van der Waals surface area contributed by atoms with Gasteiger partial charge in [-0.25, -0.2) is 0 Å². The summed E-state index contributed by atoms with van der Waals surface area (Å²) in [6.07, 6.45) is 12.0. The Labute approximate surface area is 326 Å². The van der Waals surface area contributed by atoms with Crippen LogP contribution in [0.3, 0.4) is 0 Å². The molecule has 0 aromatic carbocycles. The molecule has 0 aliphatic carbocycles. The maximum Gasteiger partial charge on any atom is 0.192 e. The fourth-order valence-corrected chi connectivity index (χ4v) is 10.4. The van der Waals surface area contributed by atoms with E-state index in [0.29, 0.717) is 65.1 Å². The average Bonchev–Trinajstić information content (AvgIpc) is 3.75. The Bertz CT molecular complexity index is 1060. The highest BCUT2D eigenvalue weighted by Crippen LogP contribution is 2.48. The molecule has 7 fully saturated rings. The average molecular weight is 786 g/mol. The second-order valence-corrected chi connectivity index (χ2v) is 23.3. The molecule has 3 N–H and O–H groups in total. The van der Waals surface area contributed by atoms with Crippen LogP contribution in [0.15, 0.2) is 0 Å². The first-order valence-corrected chi connectivity index (χ1v) is 24.0. The molecule has 0 aromatic heterocycles. The van der Waals surface area contributed by atoms with Gasteiger partial charge < -0.3 is 48.6 Å². The van der Waals surface area contributed by atoms with Gasteiger partial charge in [-0.2, -0.15) is 10.1 Å². The second kappa shape index (κ2) is 19.9. The third-order valence-electron chi connectivity index (χ3n) is 13.8. The van der Waals surface area contributed by atoms with Crippen molar-refractivity contribution < 1.29 is 48.1 Å². The van der Waals surface area contributed by atoms with Gasteiger partial charge in [-0.1, -0.05) is 20.8 Å². The number of hydrogen-bond donors (Lipinski definition) is 3. The molecule has 0 unspecified atom stereocenters. The van der Waals surface area contributed by atoms with Gasteiger partial charge in [0, 0.05) is 91.5 Å². The molecule has 0 bridgehead atoms. The smallest absolute Gasteiger partial charge is 0.192 e. The van der Waals surface area contributed by atoms with Crippen LogP contribution in [-0.4, -0.2) is 155 Å². The van der Waals surface area contributed by atoms with Crippen LogP contribution in [0.2, 0.25) is 18.1 Å². The number of ether oxygens (including phenoxy) is 6. The molecule has 0 aromatic rings. The molecule has 0 saturated carbocycles. The van der Waals surface area contributed by atoms with E-state index in [1.807, 2.05) is 0 Å². The number of nitrogens with zero attached hydrogens (tertiary/aromatic N) is 2. The number of hydrogen-bond acceptors (Lipinski definition) is 13. The van der Waals surface area contributed by atoms with E-state index in [4.69, 9.17) is 32.8 Å². The van der Waals surface area contributed by atoms with Gasteiger partial charge >= 0.3 is 0 Å². The molecular formula is C40H75N3O10Si. The number of hydroxylamine groups is 4. The highest BCUT2D eigenvalue weighted by Gasteiger charge is 2.56. The summed E-state index contributed by atoms with van der Waals surface area (Å²) < 4.78 is 39.0. The zero-order valence-electron chi connectivity index (χ0n) is 34.4. The van der Waals surface area contributed by atoms with Crippen molar-refractivity contribution in [1.29, 1.82) is 0 Å². The first kappa shape index (κ1) is 44.5. The minimum absolute atomic E-state index is 0.177. The quantitative estimate of drug-likeness (QED) is 0.211. The Kier molecular flexibility index (Phi) is 16.4. The molecule has 7 heterocycles. The summed E-state index contributed by atoms with van der Waals surface area (Å²) in [5.41, 5.74) is -1.12. The topological polar surface area (TPSA) is 141 Å². The van der Waals surface area contributed by atoms with Gasteiger partial charge in [-0.05, 0) is 95.2 Å². The van der Waals surface area contributed by atoms with Crippen LogP contribution >= 0.6 is 0 Å². The molecule has 7 aliphatic heterocycles. The fraction of sp³-hybridized carbons (Fsp3) is 0.975. The molecule has 7 aliphatic rings. The molecule has 54 heavy (non-hydrogen) atoms.